The maximum absolute atomic E-state index is 15.5. The third-order valence-electron chi connectivity index (χ3n) is 8.58. The predicted molar refractivity (Wildman–Crippen MR) is 182 cm³/mol. The fourth-order valence-electron chi connectivity index (χ4n) is 5.76. The SMILES string of the molecule is COc1cc2c(Oc3ccc(-n4nc(C(=O)Nc5ccccc5F)c(C)cc4=O)cc3F)ccnc2cc1OCCCN1CCC(C)CC1. The number of ether oxygens (including phenoxy) is 3. The first-order chi connectivity index (χ1) is 23.7. The van der Waals surface area contributed by atoms with Crippen molar-refractivity contribution in [3.05, 3.63) is 106 Å². The van der Waals surface area contributed by atoms with E-state index < -0.39 is 23.1 Å². The number of hydrogen-bond donors (Lipinski definition) is 1. The summed E-state index contributed by atoms with van der Waals surface area (Å²) >= 11 is 0. The molecular formula is C37H37F2N5O5. The summed E-state index contributed by atoms with van der Waals surface area (Å²) in [5.74, 6) is -0.0609. The lowest BCUT2D eigenvalue weighted by Gasteiger charge is -2.30. The molecule has 2 aromatic heterocycles. The van der Waals surface area contributed by atoms with E-state index in [1.807, 2.05) is 0 Å². The Morgan fingerprint density at radius 2 is 1.76 bits per heavy atom. The largest absolute Gasteiger partial charge is 0.493 e. The third kappa shape index (κ3) is 7.70. The Hall–Kier alpha value is -5.36. The molecule has 5 aromatic rings. The summed E-state index contributed by atoms with van der Waals surface area (Å²) in [6.07, 6.45) is 4.90. The molecule has 6 rings (SSSR count). The van der Waals surface area contributed by atoms with Gasteiger partial charge in [0.2, 0.25) is 0 Å². The van der Waals surface area contributed by atoms with Gasteiger partial charge in [0.1, 0.15) is 11.6 Å². The fourth-order valence-corrected chi connectivity index (χ4v) is 5.76. The van der Waals surface area contributed by atoms with Gasteiger partial charge in [0.25, 0.3) is 11.5 Å². The second-order valence-electron chi connectivity index (χ2n) is 12.1. The molecule has 10 nitrogen and oxygen atoms in total. The molecular weight excluding hydrogens is 632 g/mol. The Kier molecular flexibility index (Phi) is 10.1. The molecule has 12 heteroatoms. The first kappa shape index (κ1) is 33.5. The molecule has 1 saturated heterocycles. The van der Waals surface area contributed by atoms with Crippen LogP contribution in [0.1, 0.15) is 42.2 Å². The van der Waals surface area contributed by atoms with Crippen molar-refractivity contribution >= 4 is 22.5 Å². The number of carbonyl (C=O) groups is 1. The minimum Gasteiger partial charge on any atom is -0.493 e. The molecule has 1 fully saturated rings. The summed E-state index contributed by atoms with van der Waals surface area (Å²) in [6, 6.07) is 15.9. The summed E-state index contributed by atoms with van der Waals surface area (Å²) in [5.41, 5.74) is 0.165. The van der Waals surface area contributed by atoms with Gasteiger partial charge in [0.05, 0.1) is 30.6 Å². The maximum atomic E-state index is 15.5. The van der Waals surface area contributed by atoms with Crippen molar-refractivity contribution in [1.29, 1.82) is 0 Å². The lowest BCUT2D eigenvalue weighted by molar-refractivity contribution is 0.101. The van der Waals surface area contributed by atoms with E-state index in [9.17, 15) is 14.0 Å². The Balaban J connectivity index is 1.18. The lowest BCUT2D eigenvalue weighted by Crippen LogP contribution is -2.34. The van der Waals surface area contributed by atoms with Gasteiger partial charge in [-0.2, -0.15) is 9.78 Å². The van der Waals surface area contributed by atoms with Gasteiger partial charge >= 0.3 is 0 Å². The number of likely N-dealkylation sites (tertiary alicyclic amines) is 1. The highest BCUT2D eigenvalue weighted by molar-refractivity contribution is 6.03. The predicted octanol–water partition coefficient (Wildman–Crippen LogP) is 6.92. The molecule has 0 spiro atoms. The first-order valence-corrected chi connectivity index (χ1v) is 16.2. The number of nitrogens with zero attached hydrogens (tertiary/aromatic N) is 4. The molecule has 1 aliphatic heterocycles. The molecule has 49 heavy (non-hydrogen) atoms. The number of carbonyl (C=O) groups excluding carboxylic acids is 1. The van der Waals surface area contributed by atoms with Crippen molar-refractivity contribution in [2.75, 3.05) is 38.7 Å². The Morgan fingerprint density at radius 3 is 2.51 bits per heavy atom. The van der Waals surface area contributed by atoms with Crippen LogP contribution >= 0.6 is 0 Å². The van der Waals surface area contributed by atoms with Crippen LogP contribution in [0.2, 0.25) is 0 Å². The van der Waals surface area contributed by atoms with Crippen LogP contribution in [0.4, 0.5) is 14.5 Å². The third-order valence-corrected chi connectivity index (χ3v) is 8.58. The Bertz CT molecular complexity index is 2040. The molecule has 0 atom stereocenters. The average Bonchev–Trinajstić information content (AvgIpc) is 3.09. The number of halogens is 2. The van der Waals surface area contributed by atoms with Crippen molar-refractivity contribution in [3.63, 3.8) is 0 Å². The van der Waals surface area contributed by atoms with Crippen molar-refractivity contribution in [3.8, 4) is 28.7 Å². The minimum absolute atomic E-state index is 0.0398. The fraction of sp³-hybridized carbons (Fsp3) is 0.297. The minimum atomic E-state index is -0.774. The van der Waals surface area contributed by atoms with Gasteiger partial charge < -0.3 is 24.4 Å². The van der Waals surface area contributed by atoms with Crippen LogP contribution in [0, 0.1) is 24.5 Å². The quantitative estimate of drug-likeness (QED) is 0.151. The van der Waals surface area contributed by atoms with Crippen LogP contribution in [0.3, 0.4) is 0 Å². The summed E-state index contributed by atoms with van der Waals surface area (Å²) in [4.78, 5) is 32.7. The number of anilines is 1. The van der Waals surface area contributed by atoms with E-state index in [2.05, 4.69) is 27.2 Å². The van der Waals surface area contributed by atoms with Crippen molar-refractivity contribution in [2.45, 2.75) is 33.1 Å². The zero-order valence-electron chi connectivity index (χ0n) is 27.5. The van der Waals surface area contributed by atoms with Gasteiger partial charge in [0.15, 0.2) is 28.8 Å². The van der Waals surface area contributed by atoms with E-state index in [0.29, 0.717) is 34.8 Å². The summed E-state index contributed by atoms with van der Waals surface area (Å²) in [7, 11) is 1.55. The number of hydrogen-bond acceptors (Lipinski definition) is 8. The summed E-state index contributed by atoms with van der Waals surface area (Å²) < 4.78 is 48.2. The van der Waals surface area contributed by atoms with E-state index in [-0.39, 0.29) is 28.4 Å². The van der Waals surface area contributed by atoms with Crippen LogP contribution in [0.5, 0.6) is 23.0 Å². The second-order valence-corrected chi connectivity index (χ2v) is 12.1. The molecule has 0 aliphatic carbocycles. The number of amides is 1. The van der Waals surface area contributed by atoms with E-state index in [0.717, 1.165) is 42.7 Å². The molecule has 1 N–H and O–H groups in total. The van der Waals surface area contributed by atoms with Gasteiger partial charge in [-0.25, -0.2) is 8.78 Å². The highest BCUT2D eigenvalue weighted by atomic mass is 19.1. The van der Waals surface area contributed by atoms with E-state index in [1.165, 1.54) is 56.2 Å². The highest BCUT2D eigenvalue weighted by Gasteiger charge is 2.19. The standard InChI is InChI=1S/C37H37F2N5O5/c1-23-12-16-43(17-13-23)15-6-18-48-34-22-30-26(21-33(34)47-3)31(11-14-40-30)49-32-10-9-25(20-28(32)39)44-35(45)19-24(2)36(42-44)37(46)41-29-8-5-4-7-27(29)38/h4-5,7-11,14,19-23H,6,12-13,15-18H2,1-3H3,(H,41,46). The van der Waals surface area contributed by atoms with Gasteiger partial charge in [-0.1, -0.05) is 19.1 Å². The van der Waals surface area contributed by atoms with E-state index >= 15 is 4.39 Å². The number of methoxy groups -OCH3 is 1. The zero-order valence-corrected chi connectivity index (χ0v) is 27.5. The van der Waals surface area contributed by atoms with Crippen LogP contribution < -0.4 is 25.1 Å². The van der Waals surface area contributed by atoms with Gasteiger partial charge in [-0.05, 0) is 87.2 Å². The maximum Gasteiger partial charge on any atom is 0.276 e. The molecule has 254 valence electrons. The second kappa shape index (κ2) is 14.8. The number of nitrogens with one attached hydrogen (secondary N) is 1. The van der Waals surface area contributed by atoms with Crippen molar-refractivity contribution in [2.24, 2.45) is 5.92 Å². The first-order valence-electron chi connectivity index (χ1n) is 16.2. The van der Waals surface area contributed by atoms with Crippen LogP contribution in [0.15, 0.2) is 77.7 Å². The molecule has 3 heterocycles. The molecule has 0 bridgehead atoms. The molecule has 0 unspecified atom stereocenters. The normalized spacial score (nSPS) is 13.7. The number of fused-ring (bicyclic) bond motifs is 1. The number of aromatic nitrogens is 3. The Morgan fingerprint density at radius 1 is 0.959 bits per heavy atom. The van der Waals surface area contributed by atoms with Crippen molar-refractivity contribution in [1.82, 2.24) is 19.7 Å². The van der Waals surface area contributed by atoms with Crippen molar-refractivity contribution < 1.29 is 27.8 Å². The average molecular weight is 670 g/mol. The highest BCUT2D eigenvalue weighted by Crippen LogP contribution is 2.38. The van der Waals surface area contributed by atoms with Crippen LogP contribution in [-0.2, 0) is 0 Å². The molecule has 0 saturated carbocycles. The van der Waals surface area contributed by atoms with Gasteiger partial charge in [-0.3, -0.25) is 14.6 Å². The number of aryl methyl sites for hydroxylation is 1. The number of rotatable bonds is 11. The summed E-state index contributed by atoms with van der Waals surface area (Å²) in [6.45, 7) is 7.58. The van der Waals surface area contributed by atoms with Crippen LogP contribution in [0.25, 0.3) is 16.6 Å². The number of para-hydroxylation sites is 1. The van der Waals surface area contributed by atoms with Gasteiger partial charge in [-0.15, -0.1) is 0 Å². The molecule has 3 aromatic carbocycles. The topological polar surface area (TPSA) is 108 Å². The van der Waals surface area contributed by atoms with E-state index in [1.54, 1.807) is 37.6 Å². The molecule has 1 aliphatic rings. The zero-order chi connectivity index (χ0) is 34.5. The van der Waals surface area contributed by atoms with Crippen LogP contribution in [-0.4, -0.2) is 58.9 Å². The lowest BCUT2D eigenvalue weighted by atomic mass is 9.99. The molecule has 0 radical (unpaired) electrons. The molecule has 1 amide bonds. The number of pyridine rings is 1. The Labute approximate surface area is 282 Å². The van der Waals surface area contributed by atoms with E-state index in [4.69, 9.17) is 14.2 Å². The number of benzene rings is 3. The smallest absolute Gasteiger partial charge is 0.276 e. The van der Waals surface area contributed by atoms with Gasteiger partial charge in [0, 0.05) is 36.3 Å². The summed E-state index contributed by atoms with van der Waals surface area (Å²) in [5, 5.41) is 7.21. The number of piperidine rings is 1. The monoisotopic (exact) mass is 669 g/mol.